The Morgan fingerprint density at radius 3 is 2.60 bits per heavy atom. The number of rotatable bonds is 4. The molecule has 3 aromatic carbocycles. The number of amides is 2. The van der Waals surface area contributed by atoms with Crippen LogP contribution in [-0.4, -0.2) is 30.4 Å². The SMILES string of the molecule is C[C@H]1CC(=O)Nc2ccccc2N1C(=O)COC(=O)Cc1ccc2ccccc2c1. The third kappa shape index (κ3) is 4.17. The molecule has 30 heavy (non-hydrogen) atoms. The van der Waals surface area contributed by atoms with Crippen molar-refractivity contribution in [2.24, 2.45) is 0 Å². The zero-order chi connectivity index (χ0) is 21.1. The standard InChI is InChI=1S/C24H22N2O4/c1-16-12-22(27)25-20-8-4-5-9-21(20)26(16)23(28)15-30-24(29)14-17-10-11-18-6-2-3-7-19(18)13-17/h2-11,13,16H,12,14-15H2,1H3,(H,25,27)/t16-/m0/s1. The van der Waals surface area contributed by atoms with Gasteiger partial charge in [-0.15, -0.1) is 0 Å². The van der Waals surface area contributed by atoms with Crippen molar-refractivity contribution in [1.82, 2.24) is 0 Å². The summed E-state index contributed by atoms with van der Waals surface area (Å²) in [5.41, 5.74) is 2.00. The number of nitrogens with zero attached hydrogens (tertiary/aromatic N) is 1. The Hall–Kier alpha value is -3.67. The third-order valence-electron chi connectivity index (χ3n) is 5.15. The smallest absolute Gasteiger partial charge is 0.310 e. The fourth-order valence-electron chi connectivity index (χ4n) is 3.75. The van der Waals surface area contributed by atoms with Gasteiger partial charge in [0, 0.05) is 12.5 Å². The summed E-state index contributed by atoms with van der Waals surface area (Å²) in [7, 11) is 0. The van der Waals surface area contributed by atoms with Crippen molar-refractivity contribution < 1.29 is 19.1 Å². The minimum atomic E-state index is -0.469. The summed E-state index contributed by atoms with van der Waals surface area (Å²) < 4.78 is 5.27. The number of esters is 1. The molecular weight excluding hydrogens is 380 g/mol. The summed E-state index contributed by atoms with van der Waals surface area (Å²) in [6, 6.07) is 20.5. The zero-order valence-electron chi connectivity index (χ0n) is 16.6. The molecule has 0 spiro atoms. The maximum atomic E-state index is 12.9. The van der Waals surface area contributed by atoms with Gasteiger partial charge in [-0.25, -0.2) is 0 Å². The molecule has 3 aromatic rings. The van der Waals surface area contributed by atoms with Crippen molar-refractivity contribution in [2.75, 3.05) is 16.8 Å². The first kappa shape index (κ1) is 19.6. The molecule has 152 valence electrons. The highest BCUT2D eigenvalue weighted by Gasteiger charge is 2.30. The lowest BCUT2D eigenvalue weighted by Crippen LogP contribution is -2.41. The number of nitrogens with one attached hydrogen (secondary N) is 1. The van der Waals surface area contributed by atoms with E-state index in [1.807, 2.05) is 42.5 Å². The van der Waals surface area contributed by atoms with Gasteiger partial charge in [-0.3, -0.25) is 14.4 Å². The van der Waals surface area contributed by atoms with Crippen LogP contribution in [0.3, 0.4) is 0 Å². The van der Waals surface area contributed by atoms with Crippen LogP contribution in [0, 0.1) is 0 Å². The molecular formula is C24H22N2O4. The first-order valence-corrected chi connectivity index (χ1v) is 9.85. The molecule has 0 bridgehead atoms. The molecule has 1 atom stereocenters. The van der Waals surface area contributed by atoms with Gasteiger partial charge in [0.05, 0.1) is 17.8 Å². The Morgan fingerprint density at radius 1 is 1.03 bits per heavy atom. The van der Waals surface area contributed by atoms with E-state index in [-0.39, 0.29) is 37.3 Å². The van der Waals surface area contributed by atoms with E-state index in [1.54, 1.807) is 31.2 Å². The van der Waals surface area contributed by atoms with E-state index in [4.69, 9.17) is 4.74 Å². The van der Waals surface area contributed by atoms with Gasteiger partial charge in [0.2, 0.25) is 5.91 Å². The molecule has 0 radical (unpaired) electrons. The fourth-order valence-corrected chi connectivity index (χ4v) is 3.75. The van der Waals surface area contributed by atoms with Crippen LogP contribution in [0.25, 0.3) is 10.8 Å². The van der Waals surface area contributed by atoms with Crippen molar-refractivity contribution in [2.45, 2.75) is 25.8 Å². The van der Waals surface area contributed by atoms with Crippen molar-refractivity contribution in [1.29, 1.82) is 0 Å². The Morgan fingerprint density at radius 2 is 1.77 bits per heavy atom. The number of anilines is 2. The van der Waals surface area contributed by atoms with E-state index in [1.165, 1.54) is 4.90 Å². The van der Waals surface area contributed by atoms with Crippen LogP contribution in [0.15, 0.2) is 66.7 Å². The fraction of sp³-hybridized carbons (Fsp3) is 0.208. The molecule has 6 nitrogen and oxygen atoms in total. The third-order valence-corrected chi connectivity index (χ3v) is 5.15. The van der Waals surface area contributed by atoms with Crippen LogP contribution >= 0.6 is 0 Å². The second-order valence-electron chi connectivity index (χ2n) is 7.40. The Kier molecular flexibility index (Phi) is 5.48. The first-order chi connectivity index (χ1) is 14.5. The summed E-state index contributed by atoms with van der Waals surface area (Å²) >= 11 is 0. The van der Waals surface area contributed by atoms with Crippen LogP contribution in [0.4, 0.5) is 11.4 Å². The number of ether oxygens (including phenoxy) is 1. The largest absolute Gasteiger partial charge is 0.455 e. The van der Waals surface area contributed by atoms with Gasteiger partial charge < -0.3 is 15.0 Å². The molecule has 0 aromatic heterocycles. The molecule has 1 aliphatic heterocycles. The maximum Gasteiger partial charge on any atom is 0.310 e. The summed E-state index contributed by atoms with van der Waals surface area (Å²) in [5, 5.41) is 4.96. The number of carbonyl (C=O) groups is 3. The monoisotopic (exact) mass is 402 g/mol. The Bertz CT molecular complexity index is 1120. The number of hydrogen-bond acceptors (Lipinski definition) is 4. The topological polar surface area (TPSA) is 75.7 Å². The summed E-state index contributed by atoms with van der Waals surface area (Å²) in [6.07, 6.45) is 0.260. The normalized spacial score (nSPS) is 15.8. The zero-order valence-corrected chi connectivity index (χ0v) is 16.6. The van der Waals surface area contributed by atoms with E-state index >= 15 is 0 Å². The molecule has 4 rings (SSSR count). The molecule has 0 fully saturated rings. The lowest BCUT2D eigenvalue weighted by molar-refractivity contribution is -0.147. The highest BCUT2D eigenvalue weighted by Crippen LogP contribution is 2.31. The minimum absolute atomic E-state index is 0.0876. The lowest BCUT2D eigenvalue weighted by Gasteiger charge is -2.27. The van der Waals surface area contributed by atoms with E-state index in [0.29, 0.717) is 11.4 Å². The highest BCUT2D eigenvalue weighted by molar-refractivity contribution is 6.05. The number of carbonyl (C=O) groups excluding carboxylic acids is 3. The molecule has 2 amide bonds. The minimum Gasteiger partial charge on any atom is -0.455 e. The van der Waals surface area contributed by atoms with Crippen LogP contribution < -0.4 is 10.2 Å². The summed E-state index contributed by atoms with van der Waals surface area (Å²) in [6.45, 7) is 1.43. The second kappa shape index (κ2) is 8.37. The number of fused-ring (bicyclic) bond motifs is 2. The van der Waals surface area contributed by atoms with Crippen molar-refractivity contribution in [3.63, 3.8) is 0 Å². The summed E-state index contributed by atoms with van der Waals surface area (Å²) in [5.74, 6) is -0.986. The highest BCUT2D eigenvalue weighted by atomic mass is 16.5. The average Bonchev–Trinajstić information content (AvgIpc) is 2.86. The van der Waals surface area contributed by atoms with Gasteiger partial charge in [0.1, 0.15) is 0 Å². The predicted octanol–water partition coefficient (Wildman–Crippen LogP) is 3.69. The maximum absolute atomic E-state index is 12.9. The molecule has 0 saturated heterocycles. The van der Waals surface area contributed by atoms with E-state index in [2.05, 4.69) is 5.32 Å². The van der Waals surface area contributed by atoms with E-state index in [9.17, 15) is 14.4 Å². The van der Waals surface area contributed by atoms with Gasteiger partial charge in [0.15, 0.2) is 6.61 Å². The molecule has 1 N–H and O–H groups in total. The van der Waals surface area contributed by atoms with E-state index < -0.39 is 5.97 Å². The second-order valence-corrected chi connectivity index (χ2v) is 7.40. The Balaban J connectivity index is 1.43. The van der Waals surface area contributed by atoms with Crippen molar-refractivity contribution >= 4 is 39.9 Å². The van der Waals surface area contributed by atoms with Crippen LogP contribution in [-0.2, 0) is 25.5 Å². The summed E-state index contributed by atoms with van der Waals surface area (Å²) in [4.78, 5) is 38.8. The average molecular weight is 402 g/mol. The quantitative estimate of drug-likeness (QED) is 0.676. The van der Waals surface area contributed by atoms with Gasteiger partial charge in [-0.1, -0.05) is 54.6 Å². The lowest BCUT2D eigenvalue weighted by atomic mass is 10.1. The number of para-hydroxylation sites is 2. The van der Waals surface area contributed by atoms with Crippen LogP contribution in [0.5, 0.6) is 0 Å². The van der Waals surface area contributed by atoms with Crippen LogP contribution in [0.1, 0.15) is 18.9 Å². The molecule has 0 aliphatic carbocycles. The number of hydrogen-bond donors (Lipinski definition) is 1. The molecule has 1 heterocycles. The predicted molar refractivity (Wildman–Crippen MR) is 115 cm³/mol. The van der Waals surface area contributed by atoms with Gasteiger partial charge in [-0.2, -0.15) is 0 Å². The molecule has 0 unspecified atom stereocenters. The van der Waals surface area contributed by atoms with Gasteiger partial charge in [0.25, 0.3) is 5.91 Å². The number of benzene rings is 3. The van der Waals surface area contributed by atoms with Crippen LogP contribution in [0.2, 0.25) is 0 Å². The Labute approximate surface area is 174 Å². The molecule has 1 aliphatic rings. The van der Waals surface area contributed by atoms with Crippen molar-refractivity contribution in [3.8, 4) is 0 Å². The molecule has 6 heteroatoms. The molecule has 0 saturated carbocycles. The van der Waals surface area contributed by atoms with Crippen molar-refractivity contribution in [3.05, 3.63) is 72.3 Å². The first-order valence-electron chi connectivity index (χ1n) is 9.85. The van der Waals surface area contributed by atoms with Gasteiger partial charge >= 0.3 is 5.97 Å². The van der Waals surface area contributed by atoms with E-state index in [0.717, 1.165) is 16.3 Å². The van der Waals surface area contributed by atoms with Gasteiger partial charge in [-0.05, 0) is 35.4 Å².